The van der Waals surface area contributed by atoms with Crippen LogP contribution in [0.5, 0.6) is 0 Å². The highest BCUT2D eigenvalue weighted by Crippen LogP contribution is 2.17. The second-order valence-electron chi connectivity index (χ2n) is 1.50. The van der Waals surface area contributed by atoms with Crippen molar-refractivity contribution in [2.75, 3.05) is 6.61 Å². The molecule has 6 nitrogen and oxygen atoms in total. The molecule has 2 N–H and O–H groups in total. The Bertz CT molecular complexity index is 201. The number of rotatable bonds is 0. The van der Waals surface area contributed by atoms with E-state index in [1.807, 2.05) is 0 Å². The summed E-state index contributed by atoms with van der Waals surface area (Å²) in [6.45, 7) is -0.782. The van der Waals surface area contributed by atoms with Gasteiger partial charge in [-0.25, -0.2) is 4.18 Å². The summed E-state index contributed by atoms with van der Waals surface area (Å²) in [5, 5.41) is 16.7. The first-order valence-corrected chi connectivity index (χ1v) is 3.29. The highest BCUT2D eigenvalue weighted by Gasteiger charge is 2.41. The molecular formula is C2H4O6S. The van der Waals surface area contributed by atoms with Gasteiger partial charge < -0.3 is 10.2 Å². The van der Waals surface area contributed by atoms with Gasteiger partial charge in [-0.1, -0.05) is 0 Å². The van der Waals surface area contributed by atoms with Crippen LogP contribution in [0, 0.1) is 0 Å². The monoisotopic (exact) mass is 156 g/mol. The van der Waals surface area contributed by atoms with Crippen LogP contribution in [0.15, 0.2) is 0 Å². The van der Waals surface area contributed by atoms with Gasteiger partial charge in [0.25, 0.3) is 0 Å². The summed E-state index contributed by atoms with van der Waals surface area (Å²) in [6, 6.07) is 0. The van der Waals surface area contributed by atoms with Crippen molar-refractivity contribution < 1.29 is 27.0 Å². The van der Waals surface area contributed by atoms with Crippen LogP contribution in [0.1, 0.15) is 0 Å². The topological polar surface area (TPSA) is 93.1 Å². The fraction of sp³-hybridized carbons (Fsp3) is 1.00. The predicted molar refractivity (Wildman–Crippen MR) is 23.1 cm³/mol. The van der Waals surface area contributed by atoms with Gasteiger partial charge in [-0.2, -0.15) is 12.6 Å². The second-order valence-corrected chi connectivity index (χ2v) is 2.72. The van der Waals surface area contributed by atoms with E-state index in [-0.39, 0.29) is 0 Å². The Labute approximate surface area is 51.0 Å². The van der Waals surface area contributed by atoms with Gasteiger partial charge in [-0.05, 0) is 0 Å². The molecule has 0 aromatic heterocycles. The van der Waals surface area contributed by atoms with Gasteiger partial charge in [0, 0.05) is 0 Å². The van der Waals surface area contributed by atoms with E-state index in [1.165, 1.54) is 0 Å². The van der Waals surface area contributed by atoms with Crippen molar-refractivity contribution in [1.82, 2.24) is 0 Å². The molecule has 0 bridgehead atoms. The Balaban J connectivity index is 2.81. The standard InChI is InChI=1S/C2H4O6S/c3-2(4)1-7-9(5,6)8-2/h3-4H,1H2. The zero-order valence-electron chi connectivity index (χ0n) is 4.14. The smallest absolute Gasteiger partial charge is 0.341 e. The maximum absolute atomic E-state index is 10.1. The van der Waals surface area contributed by atoms with Crippen molar-refractivity contribution in [2.45, 2.75) is 5.97 Å². The summed E-state index contributed by atoms with van der Waals surface area (Å²) in [5.41, 5.74) is 0. The van der Waals surface area contributed by atoms with Gasteiger partial charge in [0.1, 0.15) is 0 Å². The molecular weight excluding hydrogens is 152 g/mol. The van der Waals surface area contributed by atoms with E-state index in [4.69, 9.17) is 10.2 Å². The van der Waals surface area contributed by atoms with Gasteiger partial charge in [-0.15, -0.1) is 0 Å². The van der Waals surface area contributed by atoms with Crippen LogP contribution < -0.4 is 0 Å². The molecule has 0 radical (unpaired) electrons. The van der Waals surface area contributed by atoms with Crippen LogP contribution in [0.25, 0.3) is 0 Å². The molecule has 1 saturated heterocycles. The van der Waals surface area contributed by atoms with E-state index in [0.717, 1.165) is 0 Å². The highest BCUT2D eigenvalue weighted by molar-refractivity contribution is 7.82. The SMILES string of the molecule is O=S1(=O)OCC(O)(O)O1. The molecule has 9 heavy (non-hydrogen) atoms. The minimum Gasteiger partial charge on any atom is -0.341 e. The summed E-state index contributed by atoms with van der Waals surface area (Å²) in [7, 11) is -4.15. The first kappa shape index (κ1) is 6.90. The molecule has 0 aliphatic carbocycles. The average molecular weight is 156 g/mol. The lowest BCUT2D eigenvalue weighted by atomic mass is 10.6. The molecule has 0 saturated carbocycles. The summed E-state index contributed by atoms with van der Waals surface area (Å²) in [6.07, 6.45) is 0. The summed E-state index contributed by atoms with van der Waals surface area (Å²) < 4.78 is 27.6. The molecule has 0 aromatic rings. The third-order valence-corrected chi connectivity index (χ3v) is 1.50. The number of hydrogen-bond acceptors (Lipinski definition) is 6. The lowest BCUT2D eigenvalue weighted by Crippen LogP contribution is -2.30. The van der Waals surface area contributed by atoms with Crippen LogP contribution in [-0.4, -0.2) is 31.2 Å². The minimum atomic E-state index is -4.15. The van der Waals surface area contributed by atoms with E-state index in [2.05, 4.69) is 8.37 Å². The summed E-state index contributed by atoms with van der Waals surface area (Å²) in [5.74, 6) is -2.68. The van der Waals surface area contributed by atoms with Crippen LogP contribution in [0.2, 0.25) is 0 Å². The van der Waals surface area contributed by atoms with Crippen molar-refractivity contribution in [3.05, 3.63) is 0 Å². The van der Waals surface area contributed by atoms with Crippen molar-refractivity contribution in [3.8, 4) is 0 Å². The first-order valence-electron chi connectivity index (χ1n) is 1.96. The van der Waals surface area contributed by atoms with Crippen molar-refractivity contribution in [3.63, 3.8) is 0 Å². The zero-order chi connectivity index (χ0) is 7.12. The van der Waals surface area contributed by atoms with Gasteiger partial charge in [0.2, 0.25) is 0 Å². The van der Waals surface area contributed by atoms with Crippen LogP contribution in [-0.2, 0) is 18.8 Å². The Hall–Kier alpha value is -0.210. The molecule has 1 rings (SSSR count). The third-order valence-electron chi connectivity index (χ3n) is 0.627. The van der Waals surface area contributed by atoms with E-state index in [0.29, 0.717) is 0 Å². The maximum atomic E-state index is 10.1. The molecule has 1 fully saturated rings. The Morgan fingerprint density at radius 2 is 2.00 bits per heavy atom. The molecule has 0 unspecified atom stereocenters. The van der Waals surface area contributed by atoms with Crippen molar-refractivity contribution in [1.29, 1.82) is 0 Å². The van der Waals surface area contributed by atoms with Gasteiger partial charge >= 0.3 is 16.4 Å². The molecule has 1 aliphatic heterocycles. The van der Waals surface area contributed by atoms with Crippen LogP contribution in [0.4, 0.5) is 0 Å². The molecule has 54 valence electrons. The Morgan fingerprint density at radius 3 is 2.11 bits per heavy atom. The van der Waals surface area contributed by atoms with Crippen LogP contribution in [0.3, 0.4) is 0 Å². The molecule has 0 amide bonds. The van der Waals surface area contributed by atoms with Crippen LogP contribution >= 0.6 is 0 Å². The third kappa shape index (κ3) is 1.60. The van der Waals surface area contributed by atoms with E-state index in [9.17, 15) is 8.42 Å². The van der Waals surface area contributed by atoms with Gasteiger partial charge in [0.15, 0.2) is 6.61 Å². The fourth-order valence-corrected chi connectivity index (χ4v) is 1.08. The summed E-state index contributed by atoms with van der Waals surface area (Å²) in [4.78, 5) is 0. The largest absolute Gasteiger partial charge is 0.404 e. The van der Waals surface area contributed by atoms with Crippen molar-refractivity contribution >= 4 is 10.4 Å². The summed E-state index contributed by atoms with van der Waals surface area (Å²) >= 11 is 0. The molecule has 1 aliphatic rings. The van der Waals surface area contributed by atoms with Gasteiger partial charge in [0.05, 0.1) is 0 Å². The normalized spacial score (nSPS) is 30.4. The molecule has 0 aromatic carbocycles. The zero-order valence-corrected chi connectivity index (χ0v) is 4.96. The first-order chi connectivity index (χ1) is 3.91. The van der Waals surface area contributed by atoms with E-state index in [1.54, 1.807) is 0 Å². The average Bonchev–Trinajstić information content (AvgIpc) is 1.78. The lowest BCUT2D eigenvalue weighted by Gasteiger charge is -2.05. The van der Waals surface area contributed by atoms with Crippen molar-refractivity contribution in [2.24, 2.45) is 0 Å². The fourth-order valence-electron chi connectivity index (χ4n) is 0.360. The predicted octanol–water partition coefficient (Wildman–Crippen LogP) is -2.08. The quantitative estimate of drug-likeness (QED) is 0.391. The lowest BCUT2D eigenvalue weighted by molar-refractivity contribution is -0.279. The van der Waals surface area contributed by atoms with E-state index < -0.39 is 23.0 Å². The Kier molecular flexibility index (Phi) is 1.26. The number of hydrogen-bond donors (Lipinski definition) is 2. The van der Waals surface area contributed by atoms with Gasteiger partial charge in [-0.3, -0.25) is 0 Å². The number of aliphatic hydroxyl groups is 2. The molecule has 1 heterocycles. The molecule has 7 heteroatoms. The molecule has 0 spiro atoms. The second kappa shape index (κ2) is 1.64. The Morgan fingerprint density at radius 1 is 1.44 bits per heavy atom. The van der Waals surface area contributed by atoms with E-state index >= 15 is 0 Å². The minimum absolute atomic E-state index is 0.782. The molecule has 0 atom stereocenters. The highest BCUT2D eigenvalue weighted by atomic mass is 32.3. The maximum Gasteiger partial charge on any atom is 0.404 e.